The van der Waals surface area contributed by atoms with E-state index >= 15 is 0 Å². The first-order valence-electron chi connectivity index (χ1n) is 16.1. The Bertz CT molecular complexity index is 1250. The lowest BCUT2D eigenvalue weighted by Gasteiger charge is -2.42. The minimum atomic E-state index is -2.91. The standard InChI is InChI=1S/C34H51F2N5O2/c1-7-34(35,36)27-11-8-12-28(21-27)40-29-22-38(15-9-10-24(2)3)33(42)31(29)32(26-14-13-25(4)20-26)41(23-30(40)41)19-18-39(43)17-16-37(5)6/h8,11-14,20-21,24-25,30,32-33,42H,7,9-10,15-19,22-23H2,1-6H3/t25-,30?,32+,33?,41?/m0/s1. The minimum Gasteiger partial charge on any atom is -0.785 e. The number of anilines is 1. The molecule has 9 heteroatoms. The van der Waals surface area contributed by atoms with E-state index in [1.54, 1.807) is 12.1 Å². The van der Waals surface area contributed by atoms with Crippen LogP contribution in [-0.4, -0.2) is 103 Å². The highest BCUT2D eigenvalue weighted by Crippen LogP contribution is 2.54. The van der Waals surface area contributed by atoms with Crippen molar-refractivity contribution in [3.05, 3.63) is 70.1 Å². The molecule has 1 aromatic carbocycles. The van der Waals surface area contributed by atoms with E-state index < -0.39 is 12.2 Å². The van der Waals surface area contributed by atoms with Crippen LogP contribution in [0, 0.1) is 17.0 Å². The summed E-state index contributed by atoms with van der Waals surface area (Å²) in [4.78, 5) is 6.40. The topological polar surface area (TPSA) is 56.3 Å². The van der Waals surface area contributed by atoms with Crippen molar-refractivity contribution >= 4 is 5.69 Å². The fraction of sp³-hybridized carbons (Fsp3) is 0.647. The highest BCUT2D eigenvalue weighted by Gasteiger charge is 2.69. The number of aliphatic hydroxyl groups excluding tert-OH is 1. The molecule has 43 heavy (non-hydrogen) atoms. The van der Waals surface area contributed by atoms with Gasteiger partial charge in [0.2, 0.25) is 6.17 Å². The zero-order chi connectivity index (χ0) is 31.1. The number of likely N-dealkylation sites (N-methyl/N-ethyl adjacent to an activating group) is 1. The average Bonchev–Trinajstić information content (AvgIpc) is 3.40. The lowest BCUT2D eigenvalue weighted by molar-refractivity contribution is -0.830. The molecule has 0 spiro atoms. The summed E-state index contributed by atoms with van der Waals surface area (Å²) in [6.45, 7) is 12.4. The second kappa shape index (κ2) is 12.7. The van der Waals surface area contributed by atoms with Gasteiger partial charge in [-0.25, -0.2) is 8.78 Å². The van der Waals surface area contributed by atoms with Crippen molar-refractivity contribution in [1.29, 1.82) is 0 Å². The molecule has 0 aromatic heterocycles. The fourth-order valence-corrected chi connectivity index (χ4v) is 7.28. The Hall–Kier alpha value is -2.14. The third kappa shape index (κ3) is 6.49. The van der Waals surface area contributed by atoms with Gasteiger partial charge in [-0.1, -0.05) is 58.1 Å². The van der Waals surface area contributed by atoms with Gasteiger partial charge in [-0.05, 0) is 57.5 Å². The largest absolute Gasteiger partial charge is 0.785 e. The molecular formula is C34H51F2N5O2. The van der Waals surface area contributed by atoms with E-state index in [0.29, 0.717) is 49.0 Å². The predicted octanol–water partition coefficient (Wildman–Crippen LogP) is 5.35. The van der Waals surface area contributed by atoms with E-state index in [1.165, 1.54) is 18.6 Å². The minimum absolute atomic E-state index is 0.0181. The van der Waals surface area contributed by atoms with Crippen LogP contribution in [0.3, 0.4) is 0 Å². The van der Waals surface area contributed by atoms with Gasteiger partial charge in [0.05, 0.1) is 12.1 Å². The summed E-state index contributed by atoms with van der Waals surface area (Å²) < 4.78 is 30.5. The number of hydroxylamine groups is 2. The molecule has 7 nitrogen and oxygen atoms in total. The third-order valence-electron chi connectivity index (χ3n) is 9.81. The second-order valence-corrected chi connectivity index (χ2v) is 13.8. The second-order valence-electron chi connectivity index (χ2n) is 13.8. The fourth-order valence-electron chi connectivity index (χ4n) is 7.28. The number of benzene rings is 1. The van der Waals surface area contributed by atoms with Crippen LogP contribution in [0.2, 0.25) is 0 Å². The van der Waals surface area contributed by atoms with Crippen LogP contribution in [0.4, 0.5) is 14.5 Å². The lowest BCUT2D eigenvalue weighted by Crippen LogP contribution is -2.54. The maximum absolute atomic E-state index is 14.9. The van der Waals surface area contributed by atoms with Gasteiger partial charge in [-0.2, -0.15) is 0 Å². The number of fused-ring (bicyclic) bond motifs is 1. The molecule has 1 fully saturated rings. The Labute approximate surface area is 256 Å². The molecule has 5 rings (SSSR count). The number of hydrogen-bond acceptors (Lipinski definition) is 6. The summed E-state index contributed by atoms with van der Waals surface area (Å²) in [6, 6.07) is 6.75. The summed E-state index contributed by atoms with van der Waals surface area (Å²) in [7, 11) is 3.93. The van der Waals surface area contributed by atoms with Crippen molar-refractivity contribution in [2.75, 3.05) is 64.8 Å². The molecule has 1 aromatic rings. The molecular weight excluding hydrogens is 548 g/mol. The summed E-state index contributed by atoms with van der Waals surface area (Å²) in [5.41, 5.74) is 3.97. The Morgan fingerprint density at radius 2 is 1.95 bits per heavy atom. The maximum Gasteiger partial charge on any atom is 0.273 e. The number of alkyl halides is 2. The van der Waals surface area contributed by atoms with Gasteiger partial charge in [0.1, 0.15) is 12.3 Å². The smallest absolute Gasteiger partial charge is 0.273 e. The normalized spacial score (nSPS) is 28.9. The van der Waals surface area contributed by atoms with Crippen molar-refractivity contribution in [2.45, 2.75) is 71.3 Å². The van der Waals surface area contributed by atoms with Crippen molar-refractivity contribution in [2.24, 2.45) is 11.8 Å². The predicted molar refractivity (Wildman–Crippen MR) is 169 cm³/mol. The van der Waals surface area contributed by atoms with Gasteiger partial charge in [-0.3, -0.25) is 14.3 Å². The van der Waals surface area contributed by atoms with E-state index in [0.717, 1.165) is 48.0 Å². The highest BCUT2D eigenvalue weighted by atomic mass is 19.3. The molecule has 238 valence electrons. The lowest BCUT2D eigenvalue weighted by atomic mass is 9.92. The first-order chi connectivity index (χ1) is 20.4. The number of halogens is 2. The molecule has 4 aliphatic rings. The number of quaternary nitrogens is 1. The quantitative estimate of drug-likeness (QED) is 0.177. The monoisotopic (exact) mass is 599 g/mol. The van der Waals surface area contributed by atoms with Crippen molar-refractivity contribution in [3.63, 3.8) is 0 Å². The summed E-state index contributed by atoms with van der Waals surface area (Å²) in [6.07, 6.45) is 7.75. The van der Waals surface area contributed by atoms with Crippen LogP contribution in [0.1, 0.15) is 52.5 Å². The third-order valence-corrected chi connectivity index (χ3v) is 9.81. The molecule has 0 radical (unpaired) electrons. The molecule has 3 aliphatic heterocycles. The van der Waals surface area contributed by atoms with E-state index in [4.69, 9.17) is 0 Å². The Morgan fingerprint density at radius 3 is 2.60 bits per heavy atom. The van der Waals surface area contributed by atoms with Gasteiger partial charge in [0.25, 0.3) is 5.92 Å². The summed E-state index contributed by atoms with van der Waals surface area (Å²) in [5, 5.41) is 26.1. The Kier molecular flexibility index (Phi) is 9.52. The van der Waals surface area contributed by atoms with Gasteiger partial charge >= 0.3 is 0 Å². The van der Waals surface area contributed by atoms with Crippen LogP contribution >= 0.6 is 0 Å². The van der Waals surface area contributed by atoms with Crippen molar-refractivity contribution < 1.29 is 18.4 Å². The Balaban J connectivity index is 1.55. The number of hydrogen-bond donors (Lipinski definition) is 1. The molecule has 3 unspecified atom stereocenters. The number of rotatable bonds is 14. The van der Waals surface area contributed by atoms with Crippen LogP contribution in [0.5, 0.6) is 0 Å². The van der Waals surface area contributed by atoms with Gasteiger partial charge in [-0.15, -0.1) is 0 Å². The Morgan fingerprint density at radius 1 is 1.19 bits per heavy atom. The summed E-state index contributed by atoms with van der Waals surface area (Å²) >= 11 is 0. The first kappa shape index (κ1) is 32.3. The van der Waals surface area contributed by atoms with Crippen molar-refractivity contribution in [3.8, 4) is 0 Å². The SMILES string of the molecule is CCC(F)(F)c1cccc(N2C3=C(C(O)N(CCCC(C)C)C3)[C@@H](C3=C[C@@H](C)C=C3)[N+]3(CCN([O-])CCN(C)C)CC23)c1. The van der Waals surface area contributed by atoms with E-state index in [2.05, 4.69) is 48.8 Å². The molecule has 0 amide bonds. The molecule has 5 atom stereocenters. The average molecular weight is 600 g/mol. The van der Waals surface area contributed by atoms with Crippen LogP contribution in [-0.2, 0) is 5.92 Å². The van der Waals surface area contributed by atoms with Crippen LogP contribution in [0.15, 0.2) is 59.3 Å². The first-order valence-corrected chi connectivity index (χ1v) is 16.1. The maximum atomic E-state index is 14.9. The van der Waals surface area contributed by atoms with Crippen LogP contribution in [0.25, 0.3) is 0 Å². The number of allylic oxidation sites excluding steroid dienone is 2. The summed E-state index contributed by atoms with van der Waals surface area (Å²) in [5.74, 6) is -2.02. The van der Waals surface area contributed by atoms with Gasteiger partial charge in [0, 0.05) is 55.1 Å². The molecule has 3 heterocycles. The molecule has 0 saturated carbocycles. The molecule has 1 aliphatic carbocycles. The number of aliphatic hydroxyl groups is 1. The zero-order valence-corrected chi connectivity index (χ0v) is 26.8. The zero-order valence-electron chi connectivity index (χ0n) is 26.8. The molecule has 0 bridgehead atoms. The molecule has 1 N–H and O–H groups in total. The highest BCUT2D eigenvalue weighted by molar-refractivity contribution is 5.61. The van der Waals surface area contributed by atoms with Crippen LogP contribution < -0.4 is 4.90 Å². The van der Waals surface area contributed by atoms with E-state index in [1.807, 2.05) is 25.1 Å². The van der Waals surface area contributed by atoms with E-state index in [9.17, 15) is 19.1 Å². The van der Waals surface area contributed by atoms with Crippen molar-refractivity contribution in [1.82, 2.24) is 14.9 Å². The molecule has 1 saturated heterocycles. The van der Waals surface area contributed by atoms with Gasteiger partial charge < -0.3 is 20.3 Å². The number of nitrogens with zero attached hydrogens (tertiary/aromatic N) is 5. The van der Waals surface area contributed by atoms with Gasteiger partial charge in [0.15, 0.2) is 6.54 Å². The van der Waals surface area contributed by atoms with E-state index in [-0.39, 0.29) is 24.2 Å².